The van der Waals surface area contributed by atoms with E-state index in [4.69, 9.17) is 0 Å². The fourth-order valence-corrected chi connectivity index (χ4v) is 5.76. The number of rotatable bonds is 4. The number of anilines is 2. The standard InChI is InChI=1S/C20H21N3O3S2/c1-3-13-6-5-7-14(4-2)18(13)21-19(24)15-8-9-16-17(12-15)27-20-22-28(25,26)11-10-23(16)20/h5-9,12H,3-4,10-11H2,1-2H3,(H,21,24). The van der Waals surface area contributed by atoms with Crippen LogP contribution in [0.1, 0.15) is 35.3 Å². The molecule has 146 valence electrons. The van der Waals surface area contributed by atoms with Crippen LogP contribution in [0.5, 0.6) is 0 Å². The third kappa shape index (κ3) is 3.42. The van der Waals surface area contributed by atoms with Gasteiger partial charge in [0.05, 0.1) is 11.4 Å². The summed E-state index contributed by atoms with van der Waals surface area (Å²) in [6, 6.07) is 11.5. The number of hydrogen-bond donors (Lipinski definition) is 1. The summed E-state index contributed by atoms with van der Waals surface area (Å²) in [6.07, 6.45) is 1.68. The number of amides is 1. The Morgan fingerprint density at radius 1 is 1.18 bits per heavy atom. The number of benzene rings is 2. The Hall–Kier alpha value is -2.32. The zero-order valence-corrected chi connectivity index (χ0v) is 17.4. The van der Waals surface area contributed by atoms with Crippen LogP contribution in [0.2, 0.25) is 0 Å². The first kappa shape index (κ1) is 19.0. The molecule has 0 unspecified atom stereocenters. The van der Waals surface area contributed by atoms with Crippen LogP contribution in [0.25, 0.3) is 0 Å². The van der Waals surface area contributed by atoms with E-state index in [-0.39, 0.29) is 11.7 Å². The molecule has 0 fully saturated rings. The molecule has 2 aromatic rings. The van der Waals surface area contributed by atoms with Gasteiger partial charge in [-0.15, -0.1) is 4.40 Å². The topological polar surface area (TPSA) is 78.8 Å². The highest BCUT2D eigenvalue weighted by atomic mass is 32.2. The molecule has 2 aliphatic rings. The second-order valence-corrected chi connectivity index (χ2v) is 9.47. The van der Waals surface area contributed by atoms with Gasteiger partial charge in [-0.05, 0) is 53.9 Å². The van der Waals surface area contributed by atoms with Crippen LogP contribution in [0.4, 0.5) is 11.4 Å². The summed E-state index contributed by atoms with van der Waals surface area (Å²) < 4.78 is 27.4. The summed E-state index contributed by atoms with van der Waals surface area (Å²) in [5.41, 5.74) is 4.55. The zero-order chi connectivity index (χ0) is 19.9. The Kier molecular flexibility index (Phi) is 4.93. The molecule has 0 aliphatic carbocycles. The number of hydrogen-bond acceptors (Lipinski definition) is 5. The first-order chi connectivity index (χ1) is 13.4. The maximum absolute atomic E-state index is 12.9. The second kappa shape index (κ2) is 7.25. The Morgan fingerprint density at radius 2 is 1.89 bits per heavy atom. The molecule has 2 heterocycles. The van der Waals surface area contributed by atoms with E-state index in [1.54, 1.807) is 6.07 Å². The molecule has 6 nitrogen and oxygen atoms in total. The number of para-hydroxylation sites is 1. The molecule has 2 aromatic carbocycles. The van der Waals surface area contributed by atoms with E-state index in [2.05, 4.69) is 23.6 Å². The molecule has 0 saturated carbocycles. The quantitative estimate of drug-likeness (QED) is 0.824. The Balaban J connectivity index is 1.63. The van der Waals surface area contributed by atoms with Crippen molar-refractivity contribution >= 4 is 44.2 Å². The van der Waals surface area contributed by atoms with Crippen molar-refractivity contribution in [1.29, 1.82) is 0 Å². The highest BCUT2D eigenvalue weighted by Gasteiger charge is 2.33. The first-order valence-electron chi connectivity index (χ1n) is 9.26. The van der Waals surface area contributed by atoms with Gasteiger partial charge in [0.2, 0.25) is 0 Å². The van der Waals surface area contributed by atoms with E-state index < -0.39 is 10.0 Å². The number of aryl methyl sites for hydroxylation is 2. The molecule has 1 N–H and O–H groups in total. The van der Waals surface area contributed by atoms with Gasteiger partial charge >= 0.3 is 0 Å². The number of nitrogens with one attached hydrogen (secondary N) is 1. The molecule has 8 heteroatoms. The Morgan fingerprint density at radius 3 is 2.57 bits per heavy atom. The number of fused-ring (bicyclic) bond motifs is 3. The SMILES string of the molecule is CCc1cccc(CC)c1NC(=O)c1ccc2c(c1)SC1=NS(=O)(=O)CCN12. The minimum atomic E-state index is -3.39. The number of sulfonamides is 1. The lowest BCUT2D eigenvalue weighted by Crippen LogP contribution is -2.35. The summed E-state index contributed by atoms with van der Waals surface area (Å²) in [7, 11) is -3.39. The third-order valence-corrected chi connectivity index (χ3v) is 7.28. The van der Waals surface area contributed by atoms with Gasteiger partial charge in [0.1, 0.15) is 0 Å². The summed E-state index contributed by atoms with van der Waals surface area (Å²) in [5.74, 6) is -0.162. The average molecular weight is 416 g/mol. The van der Waals surface area contributed by atoms with Gasteiger partial charge in [-0.3, -0.25) is 4.79 Å². The van der Waals surface area contributed by atoms with E-state index in [1.165, 1.54) is 11.8 Å². The van der Waals surface area contributed by atoms with E-state index in [9.17, 15) is 13.2 Å². The Labute approximate surface area is 169 Å². The summed E-state index contributed by atoms with van der Waals surface area (Å²) in [5, 5.41) is 3.54. The minimum Gasteiger partial charge on any atom is -0.321 e. The molecule has 0 saturated heterocycles. The van der Waals surface area contributed by atoms with Gasteiger partial charge in [-0.2, -0.15) is 0 Å². The van der Waals surface area contributed by atoms with Crippen molar-refractivity contribution in [3.05, 3.63) is 53.1 Å². The van der Waals surface area contributed by atoms with Crippen LogP contribution in [0.3, 0.4) is 0 Å². The van der Waals surface area contributed by atoms with Crippen LogP contribution in [-0.2, 0) is 22.9 Å². The number of carbonyl (C=O) groups is 1. The van der Waals surface area contributed by atoms with Gasteiger partial charge in [0, 0.05) is 22.7 Å². The van der Waals surface area contributed by atoms with Crippen molar-refractivity contribution in [2.24, 2.45) is 4.40 Å². The second-order valence-electron chi connectivity index (χ2n) is 6.71. The molecule has 0 spiro atoms. The van der Waals surface area contributed by atoms with Gasteiger partial charge in [-0.25, -0.2) is 8.42 Å². The maximum Gasteiger partial charge on any atom is 0.257 e. The Bertz CT molecular complexity index is 1070. The van der Waals surface area contributed by atoms with Crippen LogP contribution in [0, 0.1) is 0 Å². The van der Waals surface area contributed by atoms with Gasteiger partial charge in [0.25, 0.3) is 15.9 Å². The average Bonchev–Trinajstić information content (AvgIpc) is 3.03. The first-order valence-corrected chi connectivity index (χ1v) is 11.7. The molecule has 4 rings (SSSR count). The lowest BCUT2D eigenvalue weighted by molar-refractivity contribution is 0.102. The van der Waals surface area contributed by atoms with E-state index >= 15 is 0 Å². The molecule has 0 aromatic heterocycles. The van der Waals surface area contributed by atoms with Gasteiger partial charge in [-0.1, -0.05) is 32.0 Å². The molecule has 28 heavy (non-hydrogen) atoms. The summed E-state index contributed by atoms with van der Waals surface area (Å²) in [6.45, 7) is 4.53. The van der Waals surface area contributed by atoms with Crippen molar-refractivity contribution in [1.82, 2.24) is 0 Å². The molecular weight excluding hydrogens is 394 g/mol. The van der Waals surface area contributed by atoms with E-state index in [0.29, 0.717) is 17.3 Å². The van der Waals surface area contributed by atoms with Gasteiger partial charge in [0.15, 0.2) is 5.17 Å². The van der Waals surface area contributed by atoms with Crippen molar-refractivity contribution in [2.75, 3.05) is 22.5 Å². The van der Waals surface area contributed by atoms with Crippen LogP contribution >= 0.6 is 11.8 Å². The molecule has 0 bridgehead atoms. The number of carbonyl (C=O) groups excluding carboxylic acids is 1. The monoisotopic (exact) mass is 415 g/mol. The molecule has 0 atom stereocenters. The zero-order valence-electron chi connectivity index (χ0n) is 15.7. The predicted octanol–water partition coefficient (Wildman–Crippen LogP) is 3.68. The van der Waals surface area contributed by atoms with E-state index in [0.717, 1.165) is 40.2 Å². The summed E-state index contributed by atoms with van der Waals surface area (Å²) in [4.78, 5) is 15.7. The third-order valence-electron chi connectivity index (χ3n) is 4.97. The number of nitrogens with zero attached hydrogens (tertiary/aromatic N) is 2. The van der Waals surface area contributed by atoms with E-state index in [1.807, 2.05) is 35.2 Å². The number of thioether (sulfide) groups is 1. The summed E-state index contributed by atoms with van der Waals surface area (Å²) >= 11 is 1.29. The van der Waals surface area contributed by atoms with Gasteiger partial charge < -0.3 is 10.2 Å². The highest BCUT2D eigenvalue weighted by Crippen LogP contribution is 2.42. The van der Waals surface area contributed by atoms with Crippen molar-refractivity contribution in [2.45, 2.75) is 31.6 Å². The normalized spacial score (nSPS) is 16.9. The fraction of sp³-hybridized carbons (Fsp3) is 0.300. The lowest BCUT2D eigenvalue weighted by Gasteiger charge is -2.22. The fourth-order valence-electron chi connectivity index (χ4n) is 3.46. The van der Waals surface area contributed by atoms with Crippen molar-refractivity contribution in [3.63, 3.8) is 0 Å². The molecule has 0 radical (unpaired) electrons. The van der Waals surface area contributed by atoms with Crippen LogP contribution < -0.4 is 10.2 Å². The minimum absolute atomic E-state index is 0.00628. The van der Waals surface area contributed by atoms with Crippen molar-refractivity contribution in [3.8, 4) is 0 Å². The smallest absolute Gasteiger partial charge is 0.257 e. The molecule has 1 amide bonds. The largest absolute Gasteiger partial charge is 0.321 e. The lowest BCUT2D eigenvalue weighted by atomic mass is 10.0. The number of amidine groups is 1. The van der Waals surface area contributed by atoms with Crippen molar-refractivity contribution < 1.29 is 13.2 Å². The van der Waals surface area contributed by atoms with Crippen LogP contribution in [-0.4, -0.2) is 31.8 Å². The highest BCUT2D eigenvalue weighted by molar-refractivity contribution is 8.15. The predicted molar refractivity (Wildman–Crippen MR) is 114 cm³/mol. The molecular formula is C20H21N3O3S2. The van der Waals surface area contributed by atoms with Crippen LogP contribution in [0.15, 0.2) is 45.7 Å². The maximum atomic E-state index is 12.9. The molecule has 2 aliphatic heterocycles.